The summed E-state index contributed by atoms with van der Waals surface area (Å²) in [5, 5.41) is 12.1. The molecule has 1 aliphatic rings. The van der Waals surface area contributed by atoms with Crippen molar-refractivity contribution in [3.63, 3.8) is 0 Å². The molecule has 0 saturated carbocycles. The molecule has 4 rings (SSSR count). The molecule has 3 atom stereocenters. The van der Waals surface area contributed by atoms with Crippen LogP contribution < -0.4 is 11.1 Å². The minimum Gasteiger partial charge on any atom is -0.399 e. The van der Waals surface area contributed by atoms with Gasteiger partial charge in [0.1, 0.15) is 0 Å². The lowest BCUT2D eigenvalue weighted by molar-refractivity contribution is -0.245. The van der Waals surface area contributed by atoms with Crippen LogP contribution in [0.3, 0.4) is 0 Å². The first kappa shape index (κ1) is 23.3. The molecule has 0 aromatic heterocycles. The zero-order valence-electron chi connectivity index (χ0n) is 18.4. The van der Waals surface area contributed by atoms with Crippen molar-refractivity contribution in [3.8, 4) is 0 Å². The van der Waals surface area contributed by atoms with Crippen molar-refractivity contribution in [2.75, 3.05) is 16.8 Å². The van der Waals surface area contributed by atoms with Crippen LogP contribution in [-0.4, -0.2) is 22.9 Å². The van der Waals surface area contributed by atoms with Crippen LogP contribution >= 0.6 is 11.8 Å². The van der Waals surface area contributed by atoms with Crippen LogP contribution in [0.4, 0.5) is 11.4 Å². The first-order valence-electron chi connectivity index (χ1n) is 10.9. The van der Waals surface area contributed by atoms with E-state index in [4.69, 9.17) is 15.2 Å². The highest BCUT2D eigenvalue weighted by molar-refractivity contribution is 7.99. The van der Waals surface area contributed by atoms with Crippen molar-refractivity contribution in [3.05, 3.63) is 89.5 Å². The molecule has 172 valence electrons. The standard InChI is InChI=1S/C26H28N2O4S/c1-17(30)28-22-9-11-24(12-10-22)33-16-23-14-25(19-7-5-18(15-29)6-8-19)32-26(31-23)20-3-2-4-21(27)13-20/h2-13,23,25-26,29H,14-16,27H2,1H3,(H,28,30)/t23-,25+,26+/m1/s1. The number of benzene rings is 3. The van der Waals surface area contributed by atoms with Crippen LogP contribution in [0.15, 0.2) is 77.7 Å². The summed E-state index contributed by atoms with van der Waals surface area (Å²) in [6.45, 7) is 1.51. The molecule has 6 nitrogen and oxygen atoms in total. The SMILES string of the molecule is CC(=O)Nc1ccc(SC[C@H]2C[C@@H](c3ccc(CO)cc3)O[C@@H](c3cccc(N)c3)O2)cc1. The number of aliphatic hydroxyl groups is 1. The van der Waals surface area contributed by atoms with Crippen molar-refractivity contribution in [1.29, 1.82) is 0 Å². The van der Waals surface area contributed by atoms with E-state index in [-0.39, 0.29) is 24.7 Å². The first-order chi connectivity index (χ1) is 16.0. The lowest BCUT2D eigenvalue weighted by atomic mass is 10.0. The summed E-state index contributed by atoms with van der Waals surface area (Å²) in [6, 6.07) is 23.2. The number of amides is 1. The average molecular weight is 465 g/mol. The first-order valence-corrected chi connectivity index (χ1v) is 11.8. The van der Waals surface area contributed by atoms with Crippen molar-refractivity contribution >= 4 is 29.0 Å². The summed E-state index contributed by atoms with van der Waals surface area (Å²) in [5.74, 6) is 0.670. The summed E-state index contributed by atoms with van der Waals surface area (Å²) in [7, 11) is 0. The van der Waals surface area contributed by atoms with Gasteiger partial charge in [-0.1, -0.05) is 36.4 Å². The zero-order chi connectivity index (χ0) is 23.2. The van der Waals surface area contributed by atoms with Crippen LogP contribution in [0, 0.1) is 0 Å². The number of hydrogen-bond donors (Lipinski definition) is 3. The lowest BCUT2D eigenvalue weighted by Gasteiger charge is -2.36. The van der Waals surface area contributed by atoms with Crippen LogP contribution in [0.2, 0.25) is 0 Å². The Hall–Kier alpha value is -2.84. The van der Waals surface area contributed by atoms with E-state index < -0.39 is 6.29 Å². The van der Waals surface area contributed by atoms with E-state index in [0.29, 0.717) is 12.1 Å². The molecule has 4 N–H and O–H groups in total. The van der Waals surface area contributed by atoms with Gasteiger partial charge in [-0.3, -0.25) is 4.79 Å². The topological polar surface area (TPSA) is 93.8 Å². The summed E-state index contributed by atoms with van der Waals surface area (Å²) in [4.78, 5) is 12.3. The van der Waals surface area contributed by atoms with E-state index >= 15 is 0 Å². The molecule has 7 heteroatoms. The van der Waals surface area contributed by atoms with Gasteiger partial charge in [0.05, 0.1) is 18.8 Å². The molecule has 33 heavy (non-hydrogen) atoms. The maximum absolute atomic E-state index is 11.2. The molecule has 0 unspecified atom stereocenters. The number of rotatable bonds is 7. The number of nitrogen functional groups attached to an aromatic ring is 1. The number of aliphatic hydroxyl groups excluding tert-OH is 1. The minimum absolute atomic E-state index is 0.0147. The van der Waals surface area contributed by atoms with Gasteiger partial charge >= 0.3 is 0 Å². The minimum atomic E-state index is -0.516. The number of anilines is 2. The smallest absolute Gasteiger partial charge is 0.221 e. The second-order valence-electron chi connectivity index (χ2n) is 8.04. The largest absolute Gasteiger partial charge is 0.399 e. The van der Waals surface area contributed by atoms with Gasteiger partial charge in [0, 0.05) is 40.9 Å². The number of carbonyl (C=O) groups excluding carboxylic acids is 1. The Morgan fingerprint density at radius 3 is 2.48 bits per heavy atom. The van der Waals surface area contributed by atoms with Gasteiger partial charge < -0.3 is 25.6 Å². The fraction of sp³-hybridized carbons (Fsp3) is 0.269. The van der Waals surface area contributed by atoms with Crippen LogP contribution in [0.5, 0.6) is 0 Å². The molecule has 0 bridgehead atoms. The number of nitrogens with one attached hydrogen (secondary N) is 1. The second-order valence-corrected chi connectivity index (χ2v) is 9.13. The van der Waals surface area contributed by atoms with Crippen molar-refractivity contribution < 1.29 is 19.4 Å². The monoisotopic (exact) mass is 464 g/mol. The molecular formula is C26H28N2O4S. The Morgan fingerprint density at radius 1 is 1.06 bits per heavy atom. The number of ether oxygens (including phenoxy) is 2. The van der Waals surface area contributed by atoms with E-state index in [1.54, 1.807) is 11.8 Å². The zero-order valence-corrected chi connectivity index (χ0v) is 19.3. The Kier molecular flexibility index (Phi) is 7.67. The summed E-state index contributed by atoms with van der Waals surface area (Å²) in [6.07, 6.45) is 0.0322. The van der Waals surface area contributed by atoms with Crippen molar-refractivity contribution in [2.24, 2.45) is 0 Å². The number of nitrogens with two attached hydrogens (primary N) is 1. The maximum atomic E-state index is 11.2. The van der Waals surface area contributed by atoms with E-state index in [0.717, 1.165) is 33.0 Å². The maximum Gasteiger partial charge on any atom is 0.221 e. The van der Waals surface area contributed by atoms with E-state index in [1.165, 1.54) is 6.92 Å². The fourth-order valence-corrected chi connectivity index (χ4v) is 4.68. The van der Waals surface area contributed by atoms with Gasteiger partial charge in [0.2, 0.25) is 5.91 Å². The summed E-state index contributed by atoms with van der Waals surface area (Å²) < 4.78 is 12.7. The molecule has 3 aromatic rings. The predicted molar refractivity (Wildman–Crippen MR) is 131 cm³/mol. The highest BCUT2D eigenvalue weighted by atomic mass is 32.2. The molecular weight excluding hydrogens is 436 g/mol. The molecule has 0 radical (unpaired) electrons. The number of hydrogen-bond acceptors (Lipinski definition) is 6. The van der Waals surface area contributed by atoms with Crippen LogP contribution in [-0.2, 0) is 20.9 Å². The van der Waals surface area contributed by atoms with Gasteiger partial charge in [-0.25, -0.2) is 0 Å². The Labute approximate surface area is 198 Å². The predicted octanol–water partition coefficient (Wildman–Crippen LogP) is 5.06. The molecule has 1 fully saturated rings. The van der Waals surface area contributed by atoms with Gasteiger partial charge in [-0.2, -0.15) is 0 Å². The second kappa shape index (κ2) is 10.9. The molecule has 1 amide bonds. The third-order valence-corrected chi connectivity index (χ3v) is 6.55. The summed E-state index contributed by atoms with van der Waals surface area (Å²) >= 11 is 1.71. The van der Waals surface area contributed by atoms with E-state index in [1.807, 2.05) is 72.8 Å². The van der Waals surface area contributed by atoms with Gasteiger partial charge in [-0.05, 0) is 47.5 Å². The summed E-state index contributed by atoms with van der Waals surface area (Å²) in [5.41, 5.74) is 10.2. The Morgan fingerprint density at radius 2 is 1.82 bits per heavy atom. The number of thioether (sulfide) groups is 1. The fourth-order valence-electron chi connectivity index (χ4n) is 3.76. The normalized spacial score (nSPS) is 20.4. The van der Waals surface area contributed by atoms with Crippen LogP contribution in [0.25, 0.3) is 0 Å². The van der Waals surface area contributed by atoms with Crippen molar-refractivity contribution in [2.45, 2.75) is 43.3 Å². The quantitative estimate of drug-likeness (QED) is 0.334. The van der Waals surface area contributed by atoms with Crippen LogP contribution in [0.1, 0.15) is 42.4 Å². The molecule has 0 spiro atoms. The number of carbonyl (C=O) groups is 1. The van der Waals surface area contributed by atoms with E-state index in [2.05, 4.69) is 5.32 Å². The third kappa shape index (κ3) is 6.36. The van der Waals surface area contributed by atoms with Crippen molar-refractivity contribution in [1.82, 2.24) is 0 Å². The Balaban J connectivity index is 1.48. The molecule has 1 heterocycles. The molecule has 0 aliphatic carbocycles. The lowest BCUT2D eigenvalue weighted by Crippen LogP contribution is -2.31. The van der Waals surface area contributed by atoms with E-state index in [9.17, 15) is 9.90 Å². The molecule has 1 aliphatic heterocycles. The van der Waals surface area contributed by atoms with Gasteiger partial charge in [-0.15, -0.1) is 11.8 Å². The Bertz CT molecular complexity index is 1070. The highest BCUT2D eigenvalue weighted by Gasteiger charge is 2.32. The third-order valence-electron chi connectivity index (χ3n) is 5.41. The van der Waals surface area contributed by atoms with Gasteiger partial charge in [0.15, 0.2) is 6.29 Å². The molecule has 3 aromatic carbocycles. The van der Waals surface area contributed by atoms with Gasteiger partial charge in [0.25, 0.3) is 0 Å². The average Bonchev–Trinajstić information content (AvgIpc) is 2.83. The molecule has 1 saturated heterocycles. The highest BCUT2D eigenvalue weighted by Crippen LogP contribution is 2.39.